The fraction of sp³-hybridized carbons (Fsp3) is 0.600. The second-order valence-corrected chi connectivity index (χ2v) is 3.96. The third kappa shape index (κ3) is 1.63. The van der Waals surface area contributed by atoms with Crippen molar-refractivity contribution in [2.24, 2.45) is 0 Å². The quantitative estimate of drug-likeness (QED) is 0.753. The maximum Gasteiger partial charge on any atom is 0.354 e. The normalized spacial score (nSPS) is 20.8. The number of hydrogen-bond acceptors (Lipinski definition) is 3. The number of aryl methyl sites for hydroxylation is 1. The van der Waals surface area contributed by atoms with E-state index in [-0.39, 0.29) is 6.04 Å². The molecule has 1 aliphatic rings. The lowest BCUT2D eigenvalue weighted by atomic mass is 10.2. The molecule has 0 saturated carbocycles. The molecule has 1 atom stereocenters. The number of aromatic nitrogens is 2. The largest absolute Gasteiger partial charge is 0.477 e. The summed E-state index contributed by atoms with van der Waals surface area (Å²) in [6, 6.07) is 0.184. The molecule has 2 N–H and O–H groups in total. The highest BCUT2D eigenvalue weighted by Crippen LogP contribution is 2.21. The first-order valence-corrected chi connectivity index (χ1v) is 5.11. The molecule has 1 fully saturated rings. The van der Waals surface area contributed by atoms with Crippen LogP contribution in [-0.4, -0.2) is 33.9 Å². The van der Waals surface area contributed by atoms with Crippen molar-refractivity contribution < 1.29 is 9.90 Å². The Morgan fingerprint density at radius 2 is 2.33 bits per heavy atom. The van der Waals surface area contributed by atoms with Crippen molar-refractivity contribution in [3.8, 4) is 0 Å². The van der Waals surface area contributed by atoms with Gasteiger partial charge in [-0.1, -0.05) is 0 Å². The van der Waals surface area contributed by atoms with E-state index in [2.05, 4.69) is 10.4 Å². The molecule has 0 aliphatic carbocycles. The van der Waals surface area contributed by atoms with E-state index in [1.807, 2.05) is 13.8 Å². The van der Waals surface area contributed by atoms with Gasteiger partial charge in [-0.2, -0.15) is 5.10 Å². The van der Waals surface area contributed by atoms with Gasteiger partial charge in [-0.05, 0) is 26.8 Å². The molecular formula is C10H15N3O2. The molecule has 1 aromatic heterocycles. The van der Waals surface area contributed by atoms with Gasteiger partial charge in [0.05, 0.1) is 11.7 Å². The van der Waals surface area contributed by atoms with Crippen LogP contribution < -0.4 is 5.32 Å². The smallest absolute Gasteiger partial charge is 0.354 e. The zero-order valence-electron chi connectivity index (χ0n) is 8.95. The first kappa shape index (κ1) is 10.2. The summed E-state index contributed by atoms with van der Waals surface area (Å²) in [4.78, 5) is 11.1. The van der Waals surface area contributed by atoms with Crippen molar-refractivity contribution in [3.63, 3.8) is 0 Å². The molecule has 0 spiro atoms. The summed E-state index contributed by atoms with van der Waals surface area (Å²) in [6.07, 6.45) is 0.945. The van der Waals surface area contributed by atoms with Crippen molar-refractivity contribution in [3.05, 3.63) is 17.0 Å². The molecular weight excluding hydrogens is 194 g/mol. The lowest BCUT2D eigenvalue weighted by molar-refractivity contribution is 0.0680. The van der Waals surface area contributed by atoms with Crippen molar-refractivity contribution in [1.82, 2.24) is 15.1 Å². The Kier molecular flexibility index (Phi) is 2.48. The van der Waals surface area contributed by atoms with Gasteiger partial charge in [-0.25, -0.2) is 4.79 Å². The average Bonchev–Trinajstić information content (AvgIpc) is 2.75. The average molecular weight is 209 g/mol. The van der Waals surface area contributed by atoms with E-state index in [4.69, 9.17) is 5.11 Å². The summed E-state index contributed by atoms with van der Waals surface area (Å²) < 4.78 is 1.66. The number of nitrogens with zero attached hydrogens (tertiary/aromatic N) is 2. The van der Waals surface area contributed by atoms with E-state index >= 15 is 0 Å². The van der Waals surface area contributed by atoms with Gasteiger partial charge in [0.2, 0.25) is 0 Å². The SMILES string of the molecule is Cc1nn([C@@H]2CCNC2)c(C(=O)O)c1C. The maximum absolute atomic E-state index is 11.1. The highest BCUT2D eigenvalue weighted by molar-refractivity contribution is 5.87. The molecule has 0 radical (unpaired) electrons. The van der Waals surface area contributed by atoms with Crippen molar-refractivity contribution in [1.29, 1.82) is 0 Å². The van der Waals surface area contributed by atoms with Crippen LogP contribution in [0.1, 0.15) is 34.2 Å². The minimum Gasteiger partial charge on any atom is -0.477 e. The molecule has 2 rings (SSSR count). The van der Waals surface area contributed by atoms with Crippen molar-refractivity contribution >= 4 is 5.97 Å². The number of carboxylic acid groups (broad SMARTS) is 1. The van der Waals surface area contributed by atoms with Gasteiger partial charge >= 0.3 is 5.97 Å². The Labute approximate surface area is 88.1 Å². The fourth-order valence-electron chi connectivity index (χ4n) is 2.00. The van der Waals surface area contributed by atoms with E-state index in [1.54, 1.807) is 4.68 Å². The van der Waals surface area contributed by atoms with Gasteiger partial charge in [0.15, 0.2) is 0 Å². The lowest BCUT2D eigenvalue weighted by Crippen LogP contribution is -2.19. The first-order valence-electron chi connectivity index (χ1n) is 5.11. The number of nitrogens with one attached hydrogen (secondary N) is 1. The van der Waals surface area contributed by atoms with Crippen LogP contribution >= 0.6 is 0 Å². The second kappa shape index (κ2) is 3.66. The number of rotatable bonds is 2. The summed E-state index contributed by atoms with van der Waals surface area (Å²) in [5, 5.41) is 16.7. The molecule has 1 saturated heterocycles. The van der Waals surface area contributed by atoms with Gasteiger partial charge in [0.1, 0.15) is 5.69 Å². The minimum atomic E-state index is -0.889. The van der Waals surface area contributed by atoms with Crippen LogP contribution in [0.15, 0.2) is 0 Å². The van der Waals surface area contributed by atoms with Crippen LogP contribution in [0, 0.1) is 13.8 Å². The molecule has 0 aromatic carbocycles. The Bertz CT molecular complexity index is 392. The fourth-order valence-corrected chi connectivity index (χ4v) is 2.00. The van der Waals surface area contributed by atoms with E-state index < -0.39 is 5.97 Å². The third-order valence-electron chi connectivity index (χ3n) is 2.97. The monoisotopic (exact) mass is 209 g/mol. The summed E-state index contributed by atoms with van der Waals surface area (Å²) in [7, 11) is 0. The van der Waals surface area contributed by atoms with Gasteiger partial charge in [-0.3, -0.25) is 4.68 Å². The summed E-state index contributed by atoms with van der Waals surface area (Å²) in [6.45, 7) is 5.40. The predicted octanol–water partition coefficient (Wildman–Crippen LogP) is 0.733. The second-order valence-electron chi connectivity index (χ2n) is 3.96. The lowest BCUT2D eigenvalue weighted by Gasteiger charge is -2.11. The first-order chi connectivity index (χ1) is 7.11. The van der Waals surface area contributed by atoms with Crippen LogP contribution in [0.5, 0.6) is 0 Å². The maximum atomic E-state index is 11.1. The molecule has 15 heavy (non-hydrogen) atoms. The van der Waals surface area contributed by atoms with E-state index in [9.17, 15) is 4.79 Å². The molecule has 0 amide bonds. The topological polar surface area (TPSA) is 67.2 Å². The highest BCUT2D eigenvalue weighted by atomic mass is 16.4. The number of aromatic carboxylic acids is 1. The van der Waals surface area contributed by atoms with Crippen LogP contribution in [-0.2, 0) is 0 Å². The molecule has 0 unspecified atom stereocenters. The van der Waals surface area contributed by atoms with Crippen LogP contribution in [0.3, 0.4) is 0 Å². The van der Waals surface area contributed by atoms with Gasteiger partial charge in [0.25, 0.3) is 0 Å². The van der Waals surface area contributed by atoms with Gasteiger partial charge in [0, 0.05) is 12.1 Å². The Morgan fingerprint density at radius 1 is 1.60 bits per heavy atom. The van der Waals surface area contributed by atoms with Gasteiger partial charge in [-0.15, -0.1) is 0 Å². The summed E-state index contributed by atoms with van der Waals surface area (Å²) in [5.74, 6) is -0.889. The Balaban J connectivity index is 2.45. The molecule has 0 bridgehead atoms. The standard InChI is InChI=1S/C10H15N3O2/c1-6-7(2)12-13(9(6)10(14)15)8-3-4-11-5-8/h8,11H,3-5H2,1-2H3,(H,14,15)/t8-/m1/s1. The summed E-state index contributed by atoms with van der Waals surface area (Å²) >= 11 is 0. The Hall–Kier alpha value is -1.36. The van der Waals surface area contributed by atoms with Gasteiger partial charge < -0.3 is 10.4 Å². The van der Waals surface area contributed by atoms with Crippen LogP contribution in [0.2, 0.25) is 0 Å². The number of hydrogen-bond donors (Lipinski definition) is 2. The molecule has 1 aromatic rings. The Morgan fingerprint density at radius 3 is 2.87 bits per heavy atom. The molecule has 5 heteroatoms. The van der Waals surface area contributed by atoms with E-state index in [1.165, 1.54) is 0 Å². The van der Waals surface area contributed by atoms with Crippen molar-refractivity contribution in [2.45, 2.75) is 26.3 Å². The zero-order valence-corrected chi connectivity index (χ0v) is 8.95. The number of carboxylic acids is 1. The molecule has 82 valence electrons. The molecule has 5 nitrogen and oxygen atoms in total. The van der Waals surface area contributed by atoms with Crippen LogP contribution in [0.25, 0.3) is 0 Å². The number of carbonyl (C=O) groups is 1. The molecule has 1 aliphatic heterocycles. The molecule has 2 heterocycles. The van der Waals surface area contributed by atoms with Crippen LogP contribution in [0.4, 0.5) is 0 Å². The van der Waals surface area contributed by atoms with E-state index in [0.29, 0.717) is 5.69 Å². The highest BCUT2D eigenvalue weighted by Gasteiger charge is 2.25. The predicted molar refractivity (Wildman–Crippen MR) is 55.2 cm³/mol. The van der Waals surface area contributed by atoms with Crippen molar-refractivity contribution in [2.75, 3.05) is 13.1 Å². The summed E-state index contributed by atoms with van der Waals surface area (Å²) in [5.41, 5.74) is 1.91. The zero-order chi connectivity index (χ0) is 11.0. The van der Waals surface area contributed by atoms with E-state index in [0.717, 1.165) is 30.8 Å². The third-order valence-corrected chi connectivity index (χ3v) is 2.97. The minimum absolute atomic E-state index is 0.184.